The molecule has 0 amide bonds. The molecule has 0 bridgehead atoms. The third-order valence-electron chi connectivity index (χ3n) is 4.58. The van der Waals surface area contributed by atoms with Gasteiger partial charge in [-0.25, -0.2) is 9.97 Å². The highest BCUT2D eigenvalue weighted by Crippen LogP contribution is 2.20. The first-order valence-corrected chi connectivity index (χ1v) is 8.66. The van der Waals surface area contributed by atoms with Gasteiger partial charge in [0.2, 0.25) is 5.95 Å². The quantitative estimate of drug-likeness (QED) is 0.604. The monoisotopic (exact) mass is 347 g/mol. The third kappa shape index (κ3) is 2.67. The molecule has 4 aromatic heterocycles. The van der Waals surface area contributed by atoms with Crippen molar-refractivity contribution < 1.29 is 0 Å². The summed E-state index contributed by atoms with van der Waals surface area (Å²) in [6.07, 6.45) is 10.8. The Morgan fingerprint density at radius 3 is 2.73 bits per heavy atom. The fourth-order valence-electron chi connectivity index (χ4n) is 3.20. The van der Waals surface area contributed by atoms with Crippen LogP contribution in [0.2, 0.25) is 0 Å². The molecule has 1 aliphatic rings. The fraction of sp³-hybridized carbons (Fsp3) is 0.294. The van der Waals surface area contributed by atoms with Gasteiger partial charge >= 0.3 is 0 Å². The first-order valence-electron chi connectivity index (χ1n) is 8.66. The van der Waals surface area contributed by atoms with E-state index in [9.17, 15) is 0 Å². The molecule has 9 heteroatoms. The second-order valence-corrected chi connectivity index (χ2v) is 6.31. The number of nitrogens with zero attached hydrogens (tertiary/aromatic N) is 8. The number of aromatic nitrogens is 8. The zero-order valence-electron chi connectivity index (χ0n) is 14.1. The van der Waals surface area contributed by atoms with E-state index in [-0.39, 0.29) is 0 Å². The lowest BCUT2D eigenvalue weighted by Crippen LogP contribution is -2.31. The molecule has 130 valence electrons. The first kappa shape index (κ1) is 14.9. The highest BCUT2D eigenvalue weighted by molar-refractivity contribution is 5.76. The summed E-state index contributed by atoms with van der Waals surface area (Å²) in [7, 11) is 0. The van der Waals surface area contributed by atoms with Crippen LogP contribution in [0.15, 0.2) is 37.1 Å². The molecule has 1 N–H and O–H groups in total. The second-order valence-electron chi connectivity index (χ2n) is 6.31. The van der Waals surface area contributed by atoms with Crippen molar-refractivity contribution in [2.24, 2.45) is 0 Å². The number of pyridine rings is 1. The Balaban J connectivity index is 1.46. The lowest BCUT2D eigenvalue weighted by molar-refractivity contribution is 0.567. The third-order valence-corrected chi connectivity index (χ3v) is 4.58. The Bertz CT molecular complexity index is 1050. The topological polar surface area (TPSA) is 101 Å². The number of hydrogen-bond donors (Lipinski definition) is 1. The van der Waals surface area contributed by atoms with E-state index in [1.165, 1.54) is 19.3 Å². The van der Waals surface area contributed by atoms with Gasteiger partial charge in [-0.05, 0) is 31.4 Å². The van der Waals surface area contributed by atoms with E-state index in [4.69, 9.17) is 4.98 Å². The zero-order valence-corrected chi connectivity index (χ0v) is 14.1. The molecule has 26 heavy (non-hydrogen) atoms. The van der Waals surface area contributed by atoms with Gasteiger partial charge in [0.05, 0.1) is 11.9 Å². The average Bonchev–Trinajstić information content (AvgIpc) is 3.38. The van der Waals surface area contributed by atoms with Gasteiger partial charge < -0.3 is 4.90 Å². The molecule has 1 fully saturated rings. The highest BCUT2D eigenvalue weighted by Gasteiger charge is 2.14. The molecule has 9 nitrogen and oxygen atoms in total. The van der Waals surface area contributed by atoms with Crippen LogP contribution in [-0.2, 0) is 0 Å². The predicted molar refractivity (Wildman–Crippen MR) is 95.9 cm³/mol. The number of fused-ring (bicyclic) bond motifs is 1. The van der Waals surface area contributed by atoms with E-state index in [0.29, 0.717) is 0 Å². The minimum Gasteiger partial charge on any atom is -0.341 e. The largest absolute Gasteiger partial charge is 0.341 e. The van der Waals surface area contributed by atoms with E-state index in [1.54, 1.807) is 18.7 Å². The van der Waals surface area contributed by atoms with Gasteiger partial charge in [0, 0.05) is 25.5 Å². The first-order chi connectivity index (χ1) is 12.9. The number of H-pyrrole nitrogens is 1. The standard InChI is InChI=1S/C17H17N9/c1-2-6-25(7-3-1)17-18-5-4-16(21-17)26-10-15(20-11-26)12-8-13-14(9-19-12)23-24-22-13/h4-5,8-11H,1-3,6-7H2,(H,22,23,24). The molecule has 0 aliphatic carbocycles. The molecular formula is C17H17N9. The molecule has 1 aliphatic heterocycles. The lowest BCUT2D eigenvalue weighted by atomic mass is 10.1. The van der Waals surface area contributed by atoms with Gasteiger partial charge in [0.15, 0.2) is 0 Å². The molecule has 5 heterocycles. The van der Waals surface area contributed by atoms with Crippen molar-refractivity contribution in [1.82, 2.24) is 39.9 Å². The normalized spacial score (nSPS) is 14.8. The second kappa shape index (κ2) is 6.17. The lowest BCUT2D eigenvalue weighted by Gasteiger charge is -2.26. The molecular weight excluding hydrogens is 330 g/mol. The molecule has 0 spiro atoms. The summed E-state index contributed by atoms with van der Waals surface area (Å²) >= 11 is 0. The Morgan fingerprint density at radius 2 is 1.81 bits per heavy atom. The maximum atomic E-state index is 4.71. The minimum atomic E-state index is 0.732. The van der Waals surface area contributed by atoms with Gasteiger partial charge in [0.1, 0.15) is 28.9 Å². The van der Waals surface area contributed by atoms with Crippen LogP contribution < -0.4 is 4.90 Å². The predicted octanol–water partition coefficient (Wildman–Crippen LogP) is 1.99. The van der Waals surface area contributed by atoms with Gasteiger partial charge in [-0.15, -0.1) is 0 Å². The van der Waals surface area contributed by atoms with Crippen molar-refractivity contribution >= 4 is 17.0 Å². The van der Waals surface area contributed by atoms with Crippen LogP contribution in [0.25, 0.3) is 28.2 Å². The Morgan fingerprint density at radius 1 is 0.923 bits per heavy atom. The number of nitrogens with one attached hydrogen (secondary N) is 1. The molecule has 0 radical (unpaired) electrons. The fourth-order valence-corrected chi connectivity index (χ4v) is 3.20. The Labute approximate surface area is 149 Å². The van der Waals surface area contributed by atoms with Crippen LogP contribution in [0.4, 0.5) is 5.95 Å². The molecule has 4 aromatic rings. The summed E-state index contributed by atoms with van der Waals surface area (Å²) in [5, 5.41) is 10.7. The van der Waals surface area contributed by atoms with Gasteiger partial charge in [-0.1, -0.05) is 0 Å². The van der Waals surface area contributed by atoms with Crippen molar-refractivity contribution in [1.29, 1.82) is 0 Å². The summed E-state index contributed by atoms with van der Waals surface area (Å²) in [4.78, 5) is 20.3. The molecule has 0 atom stereocenters. The van der Waals surface area contributed by atoms with Crippen LogP contribution in [-0.4, -0.2) is 53.0 Å². The van der Waals surface area contributed by atoms with Crippen LogP contribution in [0.3, 0.4) is 0 Å². The number of rotatable bonds is 3. The van der Waals surface area contributed by atoms with E-state index in [0.717, 1.165) is 47.3 Å². The molecule has 1 saturated heterocycles. The van der Waals surface area contributed by atoms with Crippen molar-refractivity contribution in [2.45, 2.75) is 19.3 Å². The maximum absolute atomic E-state index is 4.71. The van der Waals surface area contributed by atoms with Crippen LogP contribution in [0, 0.1) is 0 Å². The van der Waals surface area contributed by atoms with Crippen molar-refractivity contribution in [3.63, 3.8) is 0 Å². The average molecular weight is 347 g/mol. The molecule has 0 aromatic carbocycles. The summed E-state index contributed by atoms with van der Waals surface area (Å²) in [6, 6.07) is 3.75. The molecule has 0 unspecified atom stereocenters. The van der Waals surface area contributed by atoms with Crippen molar-refractivity contribution in [3.8, 4) is 17.2 Å². The Hall–Kier alpha value is -3.36. The van der Waals surface area contributed by atoms with E-state index >= 15 is 0 Å². The molecule has 5 rings (SSSR count). The van der Waals surface area contributed by atoms with E-state index in [2.05, 4.69) is 35.3 Å². The maximum Gasteiger partial charge on any atom is 0.227 e. The Kier molecular flexibility index (Phi) is 3.55. The summed E-state index contributed by atoms with van der Waals surface area (Å²) in [5.74, 6) is 1.57. The van der Waals surface area contributed by atoms with E-state index in [1.807, 2.05) is 22.9 Å². The number of anilines is 1. The van der Waals surface area contributed by atoms with Gasteiger partial charge in [-0.2, -0.15) is 20.4 Å². The summed E-state index contributed by atoms with van der Waals surface area (Å²) < 4.78 is 1.89. The zero-order chi connectivity index (χ0) is 17.3. The summed E-state index contributed by atoms with van der Waals surface area (Å²) in [5.41, 5.74) is 3.00. The smallest absolute Gasteiger partial charge is 0.227 e. The van der Waals surface area contributed by atoms with Crippen LogP contribution in [0.5, 0.6) is 0 Å². The number of piperidine rings is 1. The van der Waals surface area contributed by atoms with E-state index < -0.39 is 0 Å². The number of hydrogen-bond acceptors (Lipinski definition) is 7. The van der Waals surface area contributed by atoms with Crippen molar-refractivity contribution in [2.75, 3.05) is 18.0 Å². The molecule has 0 saturated carbocycles. The van der Waals surface area contributed by atoms with Gasteiger partial charge in [0.25, 0.3) is 0 Å². The SMILES string of the molecule is c1cc(-n2cnc(-c3cc4n[nH]nc4cn3)c2)nc(N2CCCCC2)n1. The number of imidazole rings is 1. The van der Waals surface area contributed by atoms with Crippen molar-refractivity contribution in [3.05, 3.63) is 37.1 Å². The summed E-state index contributed by atoms with van der Waals surface area (Å²) in [6.45, 7) is 2.03. The highest BCUT2D eigenvalue weighted by atomic mass is 15.3. The van der Waals surface area contributed by atoms with Crippen LogP contribution in [0.1, 0.15) is 19.3 Å². The van der Waals surface area contributed by atoms with Crippen LogP contribution >= 0.6 is 0 Å². The minimum absolute atomic E-state index is 0.732. The number of aromatic amines is 1. The van der Waals surface area contributed by atoms with Gasteiger partial charge in [-0.3, -0.25) is 9.55 Å².